The van der Waals surface area contributed by atoms with Gasteiger partial charge in [0.2, 0.25) is 0 Å². The summed E-state index contributed by atoms with van der Waals surface area (Å²) in [5, 5.41) is 21.5. The van der Waals surface area contributed by atoms with Crippen LogP contribution >= 0.6 is 0 Å². The van der Waals surface area contributed by atoms with Crippen LogP contribution < -0.4 is 10.6 Å². The number of benzene rings is 1. The predicted molar refractivity (Wildman–Crippen MR) is 98.2 cm³/mol. The second-order valence-electron chi connectivity index (χ2n) is 5.74. The molecule has 1 amide bonds. The number of ether oxygens (including phenoxy) is 1. The summed E-state index contributed by atoms with van der Waals surface area (Å²) in [5.41, 5.74) is 2.32. The third kappa shape index (κ3) is 11.2. The number of aliphatic hydroxyl groups is 1. The first kappa shape index (κ1) is 23.5. The number of hydrogen-bond donors (Lipinski definition) is 4. The van der Waals surface area contributed by atoms with Crippen LogP contribution in [0.25, 0.3) is 11.3 Å². The van der Waals surface area contributed by atoms with E-state index in [2.05, 4.69) is 34.1 Å². The summed E-state index contributed by atoms with van der Waals surface area (Å²) < 4.78 is 31.2. The van der Waals surface area contributed by atoms with Crippen molar-refractivity contribution in [2.45, 2.75) is 26.1 Å². The Balaban J connectivity index is 0.000000222. The van der Waals surface area contributed by atoms with E-state index in [1.54, 1.807) is 6.20 Å². The van der Waals surface area contributed by atoms with E-state index in [1.165, 1.54) is 12.0 Å². The fourth-order valence-electron chi connectivity index (χ4n) is 2.02. The van der Waals surface area contributed by atoms with E-state index in [4.69, 9.17) is 14.6 Å². The fraction of sp³-hybridized carbons (Fsp3) is 0.444. The molecule has 1 unspecified atom stereocenters. The molecule has 0 radical (unpaired) electrons. The number of amides is 1. The third-order valence-electron chi connectivity index (χ3n) is 3.42. The van der Waals surface area contributed by atoms with Gasteiger partial charge in [0.1, 0.15) is 0 Å². The maximum atomic E-state index is 11.2. The first-order valence-electron chi connectivity index (χ1n) is 8.59. The molecule has 10 heteroatoms. The zero-order valence-electron chi connectivity index (χ0n) is 15.5. The van der Waals surface area contributed by atoms with Crippen molar-refractivity contribution < 1.29 is 32.9 Å². The molecule has 4 N–H and O–H groups in total. The number of carbonyl (C=O) groups is 1. The van der Waals surface area contributed by atoms with E-state index in [0.29, 0.717) is 0 Å². The van der Waals surface area contributed by atoms with Gasteiger partial charge < -0.3 is 30.0 Å². The predicted octanol–water partition coefficient (Wildman–Crippen LogP) is 2.48. The van der Waals surface area contributed by atoms with Gasteiger partial charge in [-0.15, -0.1) is 0 Å². The number of aromatic nitrogens is 1. The summed E-state index contributed by atoms with van der Waals surface area (Å²) in [6, 6.07) is 8.15. The molecule has 0 bridgehead atoms. The molecule has 1 saturated heterocycles. The Bertz CT molecular complexity index is 648. The lowest BCUT2D eigenvalue weighted by molar-refractivity contribution is -0.127. The molecule has 1 fully saturated rings. The number of oxazole rings is 1. The number of carboxylic acid groups (broad SMARTS) is 1. The van der Waals surface area contributed by atoms with E-state index in [-0.39, 0.29) is 19.3 Å². The molecular formula is C18H25F2N3O5. The van der Waals surface area contributed by atoms with E-state index in [1.807, 2.05) is 17.4 Å². The highest BCUT2D eigenvalue weighted by Gasteiger charge is 2.08. The highest BCUT2D eigenvalue weighted by atomic mass is 19.3. The number of rotatable bonds is 5. The number of β-amino-alcohol motifs (C(OH)–C–C–N with tert-alkyl or cyclic N) is 1. The van der Waals surface area contributed by atoms with Crippen molar-refractivity contribution >= 4 is 6.09 Å². The molecule has 28 heavy (non-hydrogen) atoms. The zero-order valence-corrected chi connectivity index (χ0v) is 15.5. The molecule has 1 aromatic carbocycles. The van der Waals surface area contributed by atoms with Gasteiger partial charge in [0.05, 0.1) is 18.9 Å². The highest BCUT2D eigenvalue weighted by molar-refractivity contribution is 5.64. The SMILES string of the molecule is Cc1ccc(-c2cnco2)cc1.O=C(O)NCCOC(F)F.OC1CCNC1. The van der Waals surface area contributed by atoms with Gasteiger partial charge >= 0.3 is 12.7 Å². The topological polar surface area (TPSA) is 117 Å². The molecule has 8 nitrogen and oxygen atoms in total. The number of nitrogens with one attached hydrogen (secondary N) is 2. The number of nitrogens with zero attached hydrogens (tertiary/aromatic N) is 1. The molecule has 0 saturated carbocycles. The van der Waals surface area contributed by atoms with Crippen molar-refractivity contribution in [3.05, 3.63) is 42.4 Å². The van der Waals surface area contributed by atoms with Crippen LogP contribution in [0.3, 0.4) is 0 Å². The van der Waals surface area contributed by atoms with Crippen molar-refractivity contribution in [2.75, 3.05) is 26.2 Å². The Morgan fingerprint density at radius 1 is 1.43 bits per heavy atom. The molecule has 156 valence electrons. The first-order chi connectivity index (χ1) is 13.4. The van der Waals surface area contributed by atoms with E-state index in [9.17, 15) is 13.6 Å². The van der Waals surface area contributed by atoms with Crippen molar-refractivity contribution in [3.8, 4) is 11.3 Å². The summed E-state index contributed by atoms with van der Waals surface area (Å²) in [7, 11) is 0. The van der Waals surface area contributed by atoms with Crippen LogP contribution in [-0.2, 0) is 4.74 Å². The second-order valence-corrected chi connectivity index (χ2v) is 5.74. The average Bonchev–Trinajstić information content (AvgIpc) is 3.34. The van der Waals surface area contributed by atoms with Crippen molar-refractivity contribution in [1.29, 1.82) is 0 Å². The fourth-order valence-corrected chi connectivity index (χ4v) is 2.02. The van der Waals surface area contributed by atoms with Gasteiger partial charge in [-0.1, -0.05) is 29.8 Å². The number of aliphatic hydroxyl groups excluding tert-OH is 1. The van der Waals surface area contributed by atoms with Gasteiger partial charge in [-0.2, -0.15) is 8.78 Å². The molecule has 1 aliphatic rings. The smallest absolute Gasteiger partial charge is 0.404 e. The number of alkyl halides is 2. The maximum absolute atomic E-state index is 11.2. The molecule has 3 rings (SSSR count). The van der Waals surface area contributed by atoms with Crippen LogP contribution in [0.1, 0.15) is 12.0 Å². The van der Waals surface area contributed by atoms with Crippen LogP contribution in [0.15, 0.2) is 41.3 Å². The third-order valence-corrected chi connectivity index (χ3v) is 3.42. The molecule has 2 heterocycles. The lowest BCUT2D eigenvalue weighted by Gasteiger charge is -2.00. The maximum Gasteiger partial charge on any atom is 0.404 e. The quantitative estimate of drug-likeness (QED) is 0.569. The average molecular weight is 401 g/mol. The lowest BCUT2D eigenvalue weighted by atomic mass is 10.1. The van der Waals surface area contributed by atoms with Crippen molar-refractivity contribution in [2.24, 2.45) is 0 Å². The zero-order chi connectivity index (χ0) is 20.8. The lowest BCUT2D eigenvalue weighted by Crippen LogP contribution is -2.25. The number of hydrogen-bond acceptors (Lipinski definition) is 6. The van der Waals surface area contributed by atoms with E-state index < -0.39 is 12.7 Å². The summed E-state index contributed by atoms with van der Waals surface area (Å²) in [5.74, 6) is 0.815. The molecule has 0 aliphatic carbocycles. The minimum atomic E-state index is -2.84. The van der Waals surface area contributed by atoms with Crippen LogP contribution in [0.2, 0.25) is 0 Å². The van der Waals surface area contributed by atoms with Gasteiger partial charge in [0.25, 0.3) is 0 Å². The Morgan fingerprint density at radius 3 is 2.57 bits per heavy atom. The van der Waals surface area contributed by atoms with Gasteiger partial charge in [-0.3, -0.25) is 0 Å². The first-order valence-corrected chi connectivity index (χ1v) is 8.59. The summed E-state index contributed by atoms with van der Waals surface area (Å²) in [6.45, 7) is 0.560. The molecule has 1 aromatic heterocycles. The van der Waals surface area contributed by atoms with Gasteiger partial charge in [0, 0.05) is 18.7 Å². The van der Waals surface area contributed by atoms with Crippen molar-refractivity contribution in [3.63, 3.8) is 0 Å². The van der Waals surface area contributed by atoms with Crippen molar-refractivity contribution in [1.82, 2.24) is 15.6 Å². The largest absolute Gasteiger partial charge is 0.465 e. The Kier molecular flexibility index (Phi) is 11.4. The van der Waals surface area contributed by atoms with Gasteiger partial charge in [-0.25, -0.2) is 9.78 Å². The number of aryl methyl sites for hydroxylation is 1. The highest BCUT2D eigenvalue weighted by Crippen LogP contribution is 2.18. The Labute approximate surface area is 161 Å². The monoisotopic (exact) mass is 401 g/mol. The summed E-state index contributed by atoms with van der Waals surface area (Å²) >= 11 is 0. The molecule has 1 atom stereocenters. The summed E-state index contributed by atoms with van der Waals surface area (Å²) in [6.07, 6.45) is 2.77. The Hall–Kier alpha value is -2.56. The van der Waals surface area contributed by atoms with Crippen LogP contribution in [0.4, 0.5) is 13.6 Å². The second kappa shape index (κ2) is 13.6. The summed E-state index contributed by atoms with van der Waals surface area (Å²) in [4.78, 5) is 13.5. The van der Waals surface area contributed by atoms with Gasteiger partial charge in [-0.05, 0) is 19.9 Å². The van der Waals surface area contributed by atoms with Crippen LogP contribution in [0, 0.1) is 6.92 Å². The molecule has 1 aliphatic heterocycles. The number of halogens is 2. The van der Waals surface area contributed by atoms with E-state index >= 15 is 0 Å². The molecular weight excluding hydrogens is 376 g/mol. The normalized spacial score (nSPS) is 15.2. The Morgan fingerprint density at radius 2 is 2.14 bits per heavy atom. The minimum Gasteiger partial charge on any atom is -0.465 e. The molecule has 2 aromatic rings. The van der Waals surface area contributed by atoms with Gasteiger partial charge in [0.15, 0.2) is 12.2 Å². The van der Waals surface area contributed by atoms with Crippen LogP contribution in [0.5, 0.6) is 0 Å². The standard InChI is InChI=1S/C10H9NO.C4H7F2NO3.C4H9NO/c1-8-2-4-9(5-3-8)10-6-11-7-12-10;5-3(6)10-2-1-7-4(8)9;6-4-1-2-5-3-4/h2-7H,1H3;3,7H,1-2H2,(H,8,9);4-6H,1-3H2. The minimum absolute atomic E-state index is 0.0648. The molecule has 0 spiro atoms. The van der Waals surface area contributed by atoms with E-state index in [0.717, 1.165) is 30.8 Å². The van der Waals surface area contributed by atoms with Crippen LogP contribution in [-0.4, -0.2) is 60.2 Å².